The van der Waals surface area contributed by atoms with Gasteiger partial charge in [-0.2, -0.15) is 0 Å². The lowest BCUT2D eigenvalue weighted by molar-refractivity contribution is 0.0373. The van der Waals surface area contributed by atoms with Crippen molar-refractivity contribution < 1.29 is 9.47 Å². The minimum atomic E-state index is 0.676. The van der Waals surface area contributed by atoms with Crippen LogP contribution in [0.4, 0.5) is 0 Å². The van der Waals surface area contributed by atoms with Crippen molar-refractivity contribution in [3.63, 3.8) is 0 Å². The molecule has 0 atom stereocenters. The summed E-state index contributed by atoms with van der Waals surface area (Å²) in [5.74, 6) is 0.676. The Balaban J connectivity index is 0. The predicted molar refractivity (Wildman–Crippen MR) is 80.2 cm³/mol. The molecular formula is C15H35NO2. The largest absolute Gasteiger partial charge is 0.384 e. The fraction of sp³-hybridized carbons (Fsp3) is 1.00. The average Bonchev–Trinajstić information content (AvgIpc) is 2.40. The molecule has 1 aliphatic rings. The van der Waals surface area contributed by atoms with Crippen LogP contribution in [0.5, 0.6) is 0 Å². The van der Waals surface area contributed by atoms with Crippen LogP contribution in [-0.4, -0.2) is 51.5 Å². The molecule has 0 radical (unpaired) electrons. The van der Waals surface area contributed by atoms with Crippen LogP contribution in [0, 0.1) is 5.92 Å². The molecule has 0 N–H and O–H groups in total. The topological polar surface area (TPSA) is 21.7 Å². The van der Waals surface area contributed by atoms with Crippen molar-refractivity contribution >= 4 is 0 Å². The van der Waals surface area contributed by atoms with Crippen molar-refractivity contribution in [3.05, 3.63) is 0 Å². The second-order valence-electron chi connectivity index (χ2n) is 4.66. The molecule has 0 spiro atoms. The van der Waals surface area contributed by atoms with E-state index in [2.05, 4.69) is 25.7 Å². The number of morpholine rings is 1. The van der Waals surface area contributed by atoms with Gasteiger partial charge in [0.05, 0.1) is 13.2 Å². The number of nitrogens with zero attached hydrogens (tertiary/aromatic N) is 1. The predicted octanol–water partition coefficient (Wildman–Crippen LogP) is 3.43. The molecule has 0 aromatic heterocycles. The maximum absolute atomic E-state index is 5.24. The molecule has 1 aliphatic heterocycles. The Hall–Kier alpha value is -0.120. The molecule has 0 saturated carbocycles. The lowest BCUT2D eigenvalue weighted by atomic mass is 10.2. The van der Waals surface area contributed by atoms with E-state index >= 15 is 0 Å². The normalized spacial score (nSPS) is 15.5. The molecule has 0 bridgehead atoms. The first-order valence-corrected chi connectivity index (χ1v) is 7.49. The summed E-state index contributed by atoms with van der Waals surface area (Å²) in [7, 11) is 1.72. The van der Waals surface area contributed by atoms with Gasteiger partial charge in [-0.15, -0.1) is 0 Å². The molecule has 0 amide bonds. The van der Waals surface area contributed by atoms with E-state index in [4.69, 9.17) is 9.47 Å². The van der Waals surface area contributed by atoms with Crippen LogP contribution in [0.3, 0.4) is 0 Å². The molecule has 1 fully saturated rings. The fourth-order valence-corrected chi connectivity index (χ4v) is 1.54. The van der Waals surface area contributed by atoms with E-state index in [1.54, 1.807) is 7.11 Å². The maximum atomic E-state index is 5.24. The van der Waals surface area contributed by atoms with Crippen LogP contribution in [0.25, 0.3) is 0 Å². The number of methoxy groups -OCH3 is 1. The zero-order chi connectivity index (χ0) is 14.2. The summed E-state index contributed by atoms with van der Waals surface area (Å²) in [6, 6.07) is 0. The van der Waals surface area contributed by atoms with E-state index in [1.165, 1.54) is 19.4 Å². The number of rotatable bonds is 5. The summed E-state index contributed by atoms with van der Waals surface area (Å²) in [5, 5.41) is 0. The van der Waals surface area contributed by atoms with Gasteiger partial charge in [0.25, 0.3) is 0 Å². The van der Waals surface area contributed by atoms with Crippen molar-refractivity contribution in [2.45, 2.75) is 47.5 Å². The van der Waals surface area contributed by atoms with Gasteiger partial charge in [-0.3, -0.25) is 4.90 Å². The second kappa shape index (κ2) is 16.9. The number of unbranched alkanes of at least 4 members (excludes halogenated alkanes) is 1. The Morgan fingerprint density at radius 3 is 2.06 bits per heavy atom. The van der Waals surface area contributed by atoms with Gasteiger partial charge in [-0.25, -0.2) is 0 Å². The fourth-order valence-electron chi connectivity index (χ4n) is 1.54. The lowest BCUT2D eigenvalue weighted by Crippen LogP contribution is -2.36. The van der Waals surface area contributed by atoms with Gasteiger partial charge >= 0.3 is 0 Å². The highest BCUT2D eigenvalue weighted by Gasteiger charge is 2.07. The zero-order valence-electron chi connectivity index (χ0n) is 13.5. The van der Waals surface area contributed by atoms with E-state index in [1.807, 2.05) is 13.8 Å². The Labute approximate surface area is 115 Å². The SMILES string of the molecule is CC.CCCCN1CCOCC1.COCC(C)C. The van der Waals surface area contributed by atoms with Gasteiger partial charge in [0.15, 0.2) is 0 Å². The van der Waals surface area contributed by atoms with Gasteiger partial charge < -0.3 is 9.47 Å². The average molecular weight is 261 g/mol. The van der Waals surface area contributed by atoms with E-state index in [-0.39, 0.29) is 0 Å². The van der Waals surface area contributed by atoms with E-state index < -0.39 is 0 Å². The Morgan fingerprint density at radius 1 is 1.17 bits per heavy atom. The highest BCUT2D eigenvalue weighted by Crippen LogP contribution is 1.98. The van der Waals surface area contributed by atoms with Crippen molar-refractivity contribution in [3.8, 4) is 0 Å². The van der Waals surface area contributed by atoms with Crippen LogP contribution >= 0.6 is 0 Å². The molecule has 3 nitrogen and oxygen atoms in total. The Bertz CT molecular complexity index is 134. The van der Waals surface area contributed by atoms with Gasteiger partial charge in [-0.1, -0.05) is 41.0 Å². The van der Waals surface area contributed by atoms with Gasteiger partial charge in [0, 0.05) is 26.8 Å². The van der Waals surface area contributed by atoms with Crippen LogP contribution < -0.4 is 0 Å². The first kappa shape index (κ1) is 20.2. The highest BCUT2D eigenvalue weighted by atomic mass is 16.5. The number of hydrogen-bond donors (Lipinski definition) is 0. The minimum absolute atomic E-state index is 0.676. The summed E-state index contributed by atoms with van der Waals surface area (Å²) in [6.45, 7) is 16.8. The van der Waals surface area contributed by atoms with Gasteiger partial charge in [0.2, 0.25) is 0 Å². The third-order valence-corrected chi connectivity index (χ3v) is 2.43. The molecule has 0 aromatic rings. The summed E-state index contributed by atoms with van der Waals surface area (Å²) < 4.78 is 10.0. The summed E-state index contributed by atoms with van der Waals surface area (Å²) in [6.07, 6.45) is 2.64. The third kappa shape index (κ3) is 15.9. The number of ether oxygens (including phenoxy) is 2. The molecule has 0 aromatic carbocycles. The molecule has 18 heavy (non-hydrogen) atoms. The zero-order valence-corrected chi connectivity index (χ0v) is 13.5. The van der Waals surface area contributed by atoms with E-state index in [0.717, 1.165) is 32.9 Å². The van der Waals surface area contributed by atoms with Crippen LogP contribution in [0.2, 0.25) is 0 Å². The van der Waals surface area contributed by atoms with Gasteiger partial charge in [0.1, 0.15) is 0 Å². The van der Waals surface area contributed by atoms with Crippen molar-refractivity contribution in [2.75, 3.05) is 46.6 Å². The molecule has 1 heterocycles. The lowest BCUT2D eigenvalue weighted by Gasteiger charge is -2.26. The first-order chi connectivity index (χ1) is 8.70. The quantitative estimate of drug-likeness (QED) is 0.757. The first-order valence-electron chi connectivity index (χ1n) is 7.49. The third-order valence-electron chi connectivity index (χ3n) is 2.43. The van der Waals surface area contributed by atoms with Crippen LogP contribution in [0.15, 0.2) is 0 Å². The van der Waals surface area contributed by atoms with Crippen LogP contribution in [-0.2, 0) is 9.47 Å². The molecule has 1 rings (SSSR count). The van der Waals surface area contributed by atoms with Gasteiger partial charge in [-0.05, 0) is 18.9 Å². The van der Waals surface area contributed by atoms with Crippen molar-refractivity contribution in [2.24, 2.45) is 5.92 Å². The summed E-state index contributed by atoms with van der Waals surface area (Å²) >= 11 is 0. The minimum Gasteiger partial charge on any atom is -0.384 e. The molecule has 1 saturated heterocycles. The second-order valence-corrected chi connectivity index (χ2v) is 4.66. The molecule has 0 aliphatic carbocycles. The van der Waals surface area contributed by atoms with Crippen LogP contribution in [0.1, 0.15) is 47.5 Å². The van der Waals surface area contributed by atoms with Crippen molar-refractivity contribution in [1.29, 1.82) is 0 Å². The summed E-state index contributed by atoms with van der Waals surface area (Å²) in [5.41, 5.74) is 0. The summed E-state index contributed by atoms with van der Waals surface area (Å²) in [4.78, 5) is 2.48. The molecular weight excluding hydrogens is 226 g/mol. The van der Waals surface area contributed by atoms with E-state index in [9.17, 15) is 0 Å². The molecule has 0 unspecified atom stereocenters. The molecule has 3 heteroatoms. The smallest absolute Gasteiger partial charge is 0.0594 e. The van der Waals surface area contributed by atoms with E-state index in [0.29, 0.717) is 5.92 Å². The maximum Gasteiger partial charge on any atom is 0.0594 e. The Morgan fingerprint density at radius 2 is 1.72 bits per heavy atom. The Kier molecular flexibility index (Phi) is 18.9. The van der Waals surface area contributed by atoms with Crippen molar-refractivity contribution in [1.82, 2.24) is 4.90 Å². The standard InChI is InChI=1S/C8H17NO.C5H12O.C2H6/c1-2-3-4-9-5-7-10-8-6-9;1-5(2)4-6-3;1-2/h2-8H2,1H3;5H,4H2,1-3H3;1-2H3. The highest BCUT2D eigenvalue weighted by molar-refractivity contribution is 4.60. The number of hydrogen-bond acceptors (Lipinski definition) is 3. The monoisotopic (exact) mass is 261 g/mol. The molecule has 112 valence electrons.